The van der Waals surface area contributed by atoms with Crippen molar-refractivity contribution in [1.82, 2.24) is 0 Å². The van der Waals surface area contributed by atoms with E-state index in [1.165, 1.54) is 37.5 Å². The van der Waals surface area contributed by atoms with Crippen molar-refractivity contribution in [3.05, 3.63) is 87.4 Å². The van der Waals surface area contributed by atoms with Crippen molar-refractivity contribution in [1.29, 1.82) is 0 Å². The molecule has 1 atom stereocenters. The average molecular weight is 335 g/mol. The largest absolute Gasteiger partial charge is 0.0720 e. The van der Waals surface area contributed by atoms with Gasteiger partial charge in [0.15, 0.2) is 0 Å². The van der Waals surface area contributed by atoms with Gasteiger partial charge >= 0.3 is 0 Å². The van der Waals surface area contributed by atoms with Crippen LogP contribution < -0.4 is 0 Å². The standard InChI is InChI=1S/C20H15Br/c1-13-10-16-12-15(7-9-19(16)20(21)11-13)18-8-6-14-4-2-3-5-17(14)18/h2-12,18H,1H3. The maximum Gasteiger partial charge on any atom is 0.0278 e. The molecule has 0 heterocycles. The van der Waals surface area contributed by atoms with Crippen molar-refractivity contribution >= 4 is 32.8 Å². The highest BCUT2D eigenvalue weighted by Gasteiger charge is 2.18. The number of benzene rings is 3. The maximum absolute atomic E-state index is 3.67. The van der Waals surface area contributed by atoms with Crippen LogP contribution in [-0.2, 0) is 0 Å². The van der Waals surface area contributed by atoms with Gasteiger partial charge in [-0.05, 0) is 46.0 Å². The summed E-state index contributed by atoms with van der Waals surface area (Å²) in [5, 5.41) is 2.58. The Morgan fingerprint density at radius 1 is 0.952 bits per heavy atom. The normalized spacial score (nSPS) is 16.4. The number of fused-ring (bicyclic) bond motifs is 2. The topological polar surface area (TPSA) is 0 Å². The summed E-state index contributed by atoms with van der Waals surface area (Å²) in [4.78, 5) is 0. The van der Waals surface area contributed by atoms with Gasteiger partial charge in [0.1, 0.15) is 0 Å². The zero-order valence-corrected chi connectivity index (χ0v) is 13.4. The Balaban J connectivity index is 1.87. The van der Waals surface area contributed by atoms with E-state index < -0.39 is 0 Å². The summed E-state index contributed by atoms with van der Waals surface area (Å²) in [5.74, 6) is 0.380. The van der Waals surface area contributed by atoms with Crippen LogP contribution in [0.5, 0.6) is 0 Å². The molecule has 102 valence electrons. The molecule has 1 unspecified atom stereocenters. The van der Waals surface area contributed by atoms with E-state index in [1.54, 1.807) is 0 Å². The van der Waals surface area contributed by atoms with Gasteiger partial charge < -0.3 is 0 Å². The second kappa shape index (κ2) is 4.85. The molecule has 1 aliphatic rings. The van der Waals surface area contributed by atoms with E-state index >= 15 is 0 Å². The zero-order chi connectivity index (χ0) is 14.4. The van der Waals surface area contributed by atoms with Gasteiger partial charge in [-0.25, -0.2) is 0 Å². The fourth-order valence-electron chi connectivity index (χ4n) is 3.22. The summed E-state index contributed by atoms with van der Waals surface area (Å²) in [6, 6.07) is 19.9. The van der Waals surface area contributed by atoms with Gasteiger partial charge in [-0.3, -0.25) is 0 Å². The molecule has 1 heteroatoms. The summed E-state index contributed by atoms with van der Waals surface area (Å²) in [6.07, 6.45) is 4.53. The summed E-state index contributed by atoms with van der Waals surface area (Å²) in [7, 11) is 0. The minimum absolute atomic E-state index is 0.380. The average Bonchev–Trinajstić information content (AvgIpc) is 2.90. The molecule has 4 rings (SSSR count). The van der Waals surface area contributed by atoms with Crippen LogP contribution in [0.2, 0.25) is 0 Å². The quantitative estimate of drug-likeness (QED) is 0.506. The lowest BCUT2D eigenvalue weighted by Gasteiger charge is -2.13. The minimum atomic E-state index is 0.380. The highest BCUT2D eigenvalue weighted by Crippen LogP contribution is 2.37. The van der Waals surface area contributed by atoms with E-state index in [9.17, 15) is 0 Å². The van der Waals surface area contributed by atoms with Crippen LogP contribution in [0.4, 0.5) is 0 Å². The van der Waals surface area contributed by atoms with Crippen molar-refractivity contribution in [3.63, 3.8) is 0 Å². The highest BCUT2D eigenvalue weighted by molar-refractivity contribution is 9.10. The molecule has 3 aromatic carbocycles. The van der Waals surface area contributed by atoms with Crippen LogP contribution in [0.15, 0.2) is 65.1 Å². The molecule has 0 amide bonds. The fraction of sp³-hybridized carbons (Fsp3) is 0.100. The van der Waals surface area contributed by atoms with Gasteiger partial charge in [-0.2, -0.15) is 0 Å². The number of hydrogen-bond acceptors (Lipinski definition) is 0. The Morgan fingerprint density at radius 2 is 1.81 bits per heavy atom. The van der Waals surface area contributed by atoms with Crippen LogP contribution in [0, 0.1) is 6.92 Å². The molecule has 0 nitrogen and oxygen atoms in total. The third kappa shape index (κ3) is 2.13. The molecule has 0 fully saturated rings. The molecular weight excluding hydrogens is 320 g/mol. The van der Waals surface area contributed by atoms with Crippen molar-refractivity contribution < 1.29 is 0 Å². The third-order valence-corrected chi connectivity index (χ3v) is 4.89. The van der Waals surface area contributed by atoms with Crippen molar-refractivity contribution in [2.24, 2.45) is 0 Å². The number of aryl methyl sites for hydroxylation is 1. The molecule has 0 N–H and O–H groups in total. The second-order valence-corrected chi connectivity index (χ2v) is 6.55. The number of rotatable bonds is 1. The number of hydrogen-bond donors (Lipinski definition) is 0. The molecule has 21 heavy (non-hydrogen) atoms. The Hall–Kier alpha value is -1.86. The SMILES string of the molecule is Cc1cc(Br)c2ccc(C3C=Cc4ccccc43)cc2c1. The zero-order valence-electron chi connectivity index (χ0n) is 11.8. The fourth-order valence-corrected chi connectivity index (χ4v) is 3.94. The molecule has 3 aromatic rings. The van der Waals surface area contributed by atoms with E-state index in [4.69, 9.17) is 0 Å². The third-order valence-electron chi connectivity index (χ3n) is 4.23. The van der Waals surface area contributed by atoms with Crippen molar-refractivity contribution in [2.45, 2.75) is 12.8 Å². The van der Waals surface area contributed by atoms with Gasteiger partial charge in [0.2, 0.25) is 0 Å². The first kappa shape index (κ1) is 12.8. The summed E-state index contributed by atoms with van der Waals surface area (Å²) in [6.45, 7) is 2.14. The molecule has 0 aromatic heterocycles. The van der Waals surface area contributed by atoms with Crippen LogP contribution in [0.25, 0.3) is 16.8 Å². The number of allylic oxidation sites excluding steroid dienone is 1. The Morgan fingerprint density at radius 3 is 2.71 bits per heavy atom. The molecule has 0 saturated carbocycles. The minimum Gasteiger partial charge on any atom is -0.0720 e. The lowest BCUT2D eigenvalue weighted by atomic mass is 9.91. The van der Waals surface area contributed by atoms with Gasteiger partial charge in [0.05, 0.1) is 0 Å². The van der Waals surface area contributed by atoms with E-state index in [0.29, 0.717) is 5.92 Å². The highest BCUT2D eigenvalue weighted by atomic mass is 79.9. The van der Waals surface area contributed by atoms with Gasteiger partial charge in [-0.15, -0.1) is 0 Å². The molecular formula is C20H15Br. The Kier molecular flexibility index (Phi) is 2.97. The monoisotopic (exact) mass is 334 g/mol. The first-order valence-electron chi connectivity index (χ1n) is 7.19. The van der Waals surface area contributed by atoms with Crippen molar-refractivity contribution in [2.75, 3.05) is 0 Å². The van der Waals surface area contributed by atoms with Crippen LogP contribution in [-0.4, -0.2) is 0 Å². The van der Waals surface area contributed by atoms with Crippen LogP contribution in [0.1, 0.15) is 28.2 Å². The number of halogens is 1. The molecule has 0 saturated heterocycles. The smallest absolute Gasteiger partial charge is 0.0278 e. The molecule has 1 aliphatic carbocycles. The van der Waals surface area contributed by atoms with Crippen molar-refractivity contribution in [3.8, 4) is 0 Å². The Bertz CT molecular complexity index is 874. The van der Waals surface area contributed by atoms with Gasteiger partial charge in [-0.1, -0.05) is 76.6 Å². The first-order valence-corrected chi connectivity index (χ1v) is 7.98. The van der Waals surface area contributed by atoms with Gasteiger partial charge in [0, 0.05) is 10.4 Å². The molecule has 0 bridgehead atoms. The van der Waals surface area contributed by atoms with E-state index in [0.717, 1.165) is 0 Å². The lowest BCUT2D eigenvalue weighted by molar-refractivity contribution is 1.05. The van der Waals surface area contributed by atoms with Crippen LogP contribution >= 0.6 is 15.9 Å². The Labute approximate surface area is 133 Å². The summed E-state index contributed by atoms with van der Waals surface area (Å²) < 4.78 is 1.17. The predicted molar refractivity (Wildman–Crippen MR) is 93.7 cm³/mol. The maximum atomic E-state index is 3.67. The van der Waals surface area contributed by atoms with Crippen LogP contribution in [0.3, 0.4) is 0 Å². The second-order valence-electron chi connectivity index (χ2n) is 5.69. The summed E-state index contributed by atoms with van der Waals surface area (Å²) in [5.41, 5.74) is 5.40. The molecule has 0 radical (unpaired) electrons. The summed E-state index contributed by atoms with van der Waals surface area (Å²) >= 11 is 3.67. The van der Waals surface area contributed by atoms with E-state index in [-0.39, 0.29) is 0 Å². The van der Waals surface area contributed by atoms with E-state index in [2.05, 4.69) is 89.6 Å². The van der Waals surface area contributed by atoms with E-state index in [1.807, 2.05) is 0 Å². The molecule has 0 aliphatic heterocycles. The lowest BCUT2D eigenvalue weighted by Crippen LogP contribution is -1.95. The molecule has 0 spiro atoms. The predicted octanol–water partition coefficient (Wildman–Crippen LogP) is 6.07. The van der Waals surface area contributed by atoms with Gasteiger partial charge in [0.25, 0.3) is 0 Å². The first-order chi connectivity index (χ1) is 10.2.